The van der Waals surface area contributed by atoms with E-state index >= 15 is 0 Å². The molecule has 4 nitrogen and oxygen atoms in total. The molecule has 1 N–H and O–H groups in total. The summed E-state index contributed by atoms with van der Waals surface area (Å²) in [6.45, 7) is 2.27. The molecule has 0 aliphatic carbocycles. The summed E-state index contributed by atoms with van der Waals surface area (Å²) >= 11 is 6.13. The minimum atomic E-state index is 0.744. The highest BCUT2D eigenvalue weighted by atomic mass is 35.5. The molecule has 2 heterocycles. The molecule has 0 atom stereocenters. The third kappa shape index (κ3) is 2.60. The van der Waals surface area contributed by atoms with Gasteiger partial charge in [-0.3, -0.25) is 4.68 Å². The average molecular weight is 278 g/mol. The molecule has 5 heteroatoms. The van der Waals surface area contributed by atoms with Gasteiger partial charge in [-0.25, -0.2) is 0 Å². The number of hydrogen-bond donors (Lipinski definition) is 1. The standard InChI is InChI=1S/C14H16ClN3O/c1-18-13(2-4-17-18)9-16-8-11-7-12(15)6-10-3-5-19-14(10)11/h2,4,6-7,16H,3,5,8-9H2,1H3. The van der Waals surface area contributed by atoms with Gasteiger partial charge in [-0.15, -0.1) is 0 Å². The van der Waals surface area contributed by atoms with Crippen LogP contribution in [0.3, 0.4) is 0 Å². The fourth-order valence-electron chi connectivity index (χ4n) is 2.38. The Morgan fingerprint density at radius 2 is 2.32 bits per heavy atom. The average Bonchev–Trinajstić information content (AvgIpc) is 2.98. The molecule has 3 rings (SSSR count). The Bertz CT molecular complexity index is 594. The lowest BCUT2D eigenvalue weighted by atomic mass is 10.1. The molecule has 0 saturated heterocycles. The first-order valence-electron chi connectivity index (χ1n) is 6.36. The van der Waals surface area contributed by atoms with E-state index in [4.69, 9.17) is 16.3 Å². The van der Waals surface area contributed by atoms with Crippen molar-refractivity contribution in [2.75, 3.05) is 6.61 Å². The second kappa shape index (κ2) is 5.23. The summed E-state index contributed by atoms with van der Waals surface area (Å²) in [5, 5.41) is 8.33. The number of ether oxygens (including phenoxy) is 1. The van der Waals surface area contributed by atoms with Crippen molar-refractivity contribution in [2.45, 2.75) is 19.5 Å². The highest BCUT2D eigenvalue weighted by Gasteiger charge is 2.17. The number of nitrogens with zero attached hydrogens (tertiary/aromatic N) is 2. The number of hydrogen-bond acceptors (Lipinski definition) is 3. The molecule has 1 aliphatic heterocycles. The van der Waals surface area contributed by atoms with Gasteiger partial charge < -0.3 is 10.1 Å². The fraction of sp³-hybridized carbons (Fsp3) is 0.357. The SMILES string of the molecule is Cn1nccc1CNCc1cc(Cl)cc2c1OCC2. The van der Waals surface area contributed by atoms with Gasteiger partial charge in [0.05, 0.1) is 12.3 Å². The monoisotopic (exact) mass is 277 g/mol. The van der Waals surface area contributed by atoms with Crippen LogP contribution in [0.1, 0.15) is 16.8 Å². The second-order valence-corrected chi connectivity index (χ2v) is 5.14. The Hall–Kier alpha value is -1.52. The minimum absolute atomic E-state index is 0.744. The molecule has 1 aliphatic rings. The van der Waals surface area contributed by atoms with Gasteiger partial charge in [0, 0.05) is 43.3 Å². The van der Waals surface area contributed by atoms with E-state index in [1.165, 1.54) is 5.56 Å². The molecule has 0 bridgehead atoms. The topological polar surface area (TPSA) is 39.1 Å². The van der Waals surface area contributed by atoms with Gasteiger partial charge in [-0.2, -0.15) is 5.10 Å². The van der Waals surface area contributed by atoms with E-state index in [1.54, 1.807) is 6.20 Å². The maximum Gasteiger partial charge on any atom is 0.127 e. The van der Waals surface area contributed by atoms with Crippen molar-refractivity contribution in [2.24, 2.45) is 7.05 Å². The third-order valence-corrected chi connectivity index (χ3v) is 3.59. The quantitative estimate of drug-likeness (QED) is 0.932. The van der Waals surface area contributed by atoms with Crippen LogP contribution in [-0.4, -0.2) is 16.4 Å². The Labute approximate surface area is 117 Å². The van der Waals surface area contributed by atoms with E-state index in [-0.39, 0.29) is 0 Å². The van der Waals surface area contributed by atoms with E-state index in [2.05, 4.69) is 10.4 Å². The van der Waals surface area contributed by atoms with Crippen LogP contribution in [0.4, 0.5) is 0 Å². The first kappa shape index (κ1) is 12.5. The van der Waals surface area contributed by atoms with Crippen molar-refractivity contribution in [3.63, 3.8) is 0 Å². The molecule has 0 saturated carbocycles. The number of fused-ring (bicyclic) bond motifs is 1. The highest BCUT2D eigenvalue weighted by molar-refractivity contribution is 6.30. The zero-order chi connectivity index (χ0) is 13.2. The Kier molecular flexibility index (Phi) is 3.44. The number of aryl methyl sites for hydroxylation is 1. The summed E-state index contributed by atoms with van der Waals surface area (Å²) in [5.74, 6) is 1.00. The van der Waals surface area contributed by atoms with Crippen LogP contribution in [0, 0.1) is 0 Å². The normalized spacial score (nSPS) is 13.4. The molecule has 0 fully saturated rings. The molecule has 0 unspecified atom stereocenters. The molecule has 2 aromatic rings. The van der Waals surface area contributed by atoms with Crippen LogP contribution in [0.15, 0.2) is 24.4 Å². The van der Waals surface area contributed by atoms with Crippen LogP contribution >= 0.6 is 11.6 Å². The smallest absolute Gasteiger partial charge is 0.127 e. The number of aromatic nitrogens is 2. The highest BCUT2D eigenvalue weighted by Crippen LogP contribution is 2.32. The molecule has 1 aromatic heterocycles. The van der Waals surface area contributed by atoms with Crippen LogP contribution in [0.2, 0.25) is 5.02 Å². The predicted molar refractivity (Wildman–Crippen MR) is 74.4 cm³/mol. The van der Waals surface area contributed by atoms with Crippen molar-refractivity contribution in [3.05, 3.63) is 46.2 Å². The van der Waals surface area contributed by atoms with E-state index in [9.17, 15) is 0 Å². The van der Waals surface area contributed by atoms with Gasteiger partial charge in [0.25, 0.3) is 0 Å². The number of nitrogens with one attached hydrogen (secondary N) is 1. The van der Waals surface area contributed by atoms with Gasteiger partial charge in [-0.1, -0.05) is 11.6 Å². The van der Waals surface area contributed by atoms with Gasteiger partial charge in [0.15, 0.2) is 0 Å². The molecule has 0 amide bonds. The molecular formula is C14H16ClN3O. The van der Waals surface area contributed by atoms with E-state index in [0.29, 0.717) is 0 Å². The zero-order valence-corrected chi connectivity index (χ0v) is 11.6. The minimum Gasteiger partial charge on any atom is -0.493 e. The third-order valence-electron chi connectivity index (χ3n) is 3.37. The number of rotatable bonds is 4. The first-order valence-corrected chi connectivity index (χ1v) is 6.73. The summed E-state index contributed by atoms with van der Waals surface area (Å²) in [7, 11) is 1.94. The fourth-order valence-corrected chi connectivity index (χ4v) is 2.64. The molecule has 0 radical (unpaired) electrons. The molecule has 1 aromatic carbocycles. The van der Waals surface area contributed by atoms with Gasteiger partial charge in [-0.05, 0) is 23.8 Å². The maximum absolute atomic E-state index is 6.13. The van der Waals surface area contributed by atoms with Crippen molar-refractivity contribution >= 4 is 11.6 Å². The lowest BCUT2D eigenvalue weighted by Gasteiger charge is -2.10. The summed E-state index contributed by atoms with van der Waals surface area (Å²) in [6, 6.07) is 5.97. The summed E-state index contributed by atoms with van der Waals surface area (Å²) in [5.41, 5.74) is 3.49. The predicted octanol–water partition coefficient (Wildman–Crippen LogP) is 2.30. The Morgan fingerprint density at radius 3 is 3.11 bits per heavy atom. The molecular weight excluding hydrogens is 262 g/mol. The van der Waals surface area contributed by atoms with Crippen molar-refractivity contribution in [1.82, 2.24) is 15.1 Å². The number of halogens is 1. The van der Waals surface area contributed by atoms with Crippen molar-refractivity contribution < 1.29 is 4.74 Å². The van der Waals surface area contributed by atoms with E-state index < -0.39 is 0 Å². The second-order valence-electron chi connectivity index (χ2n) is 4.70. The Morgan fingerprint density at radius 1 is 1.42 bits per heavy atom. The van der Waals surface area contributed by atoms with Crippen LogP contribution in [0.5, 0.6) is 5.75 Å². The van der Waals surface area contributed by atoms with Crippen molar-refractivity contribution in [3.8, 4) is 5.75 Å². The summed E-state index contributed by atoms with van der Waals surface area (Å²) in [4.78, 5) is 0. The maximum atomic E-state index is 6.13. The summed E-state index contributed by atoms with van der Waals surface area (Å²) in [6.07, 6.45) is 2.75. The lowest BCUT2D eigenvalue weighted by Crippen LogP contribution is -2.15. The van der Waals surface area contributed by atoms with Gasteiger partial charge >= 0.3 is 0 Å². The van der Waals surface area contributed by atoms with Crippen LogP contribution < -0.4 is 10.1 Å². The molecule has 19 heavy (non-hydrogen) atoms. The summed E-state index contributed by atoms with van der Waals surface area (Å²) < 4.78 is 7.55. The van der Waals surface area contributed by atoms with Crippen LogP contribution in [-0.2, 0) is 26.6 Å². The van der Waals surface area contributed by atoms with Gasteiger partial charge in [0.1, 0.15) is 5.75 Å². The van der Waals surface area contributed by atoms with Crippen LogP contribution in [0.25, 0.3) is 0 Å². The van der Waals surface area contributed by atoms with E-state index in [0.717, 1.165) is 48.1 Å². The largest absolute Gasteiger partial charge is 0.493 e. The molecule has 100 valence electrons. The first-order chi connectivity index (χ1) is 9.24. The van der Waals surface area contributed by atoms with Gasteiger partial charge in [0.2, 0.25) is 0 Å². The van der Waals surface area contributed by atoms with Crippen molar-refractivity contribution in [1.29, 1.82) is 0 Å². The zero-order valence-electron chi connectivity index (χ0n) is 10.8. The van der Waals surface area contributed by atoms with E-state index in [1.807, 2.05) is 29.9 Å². The Balaban J connectivity index is 1.69. The molecule has 0 spiro atoms. The lowest BCUT2D eigenvalue weighted by molar-refractivity contribution is 0.352. The number of benzene rings is 1.